The lowest BCUT2D eigenvalue weighted by Gasteiger charge is -2.20. The van der Waals surface area contributed by atoms with E-state index in [0.717, 1.165) is 22.2 Å². The largest absolute Gasteiger partial charge is 0.290 e. The molecule has 0 aliphatic carbocycles. The van der Waals surface area contributed by atoms with Crippen molar-refractivity contribution in [3.63, 3.8) is 0 Å². The first-order valence-electron chi connectivity index (χ1n) is 12.5. The molecule has 6 aromatic carbocycles. The molecule has 1 aliphatic rings. The topological polar surface area (TPSA) is 52.0 Å². The van der Waals surface area contributed by atoms with Gasteiger partial charge in [-0.3, -0.25) is 4.57 Å². The molecule has 1 aliphatic heterocycles. The van der Waals surface area contributed by atoms with Gasteiger partial charge in [0.2, 0.25) is 9.84 Å². The van der Waals surface area contributed by atoms with Gasteiger partial charge in [0.05, 0.1) is 26.5 Å². The number of hydrogen-bond donors (Lipinski definition) is 0. The predicted octanol–water partition coefficient (Wildman–Crippen LogP) is 7.81. The van der Waals surface area contributed by atoms with Gasteiger partial charge in [-0.15, -0.1) is 0 Å². The number of imidazole rings is 1. The summed E-state index contributed by atoms with van der Waals surface area (Å²) in [6.07, 6.45) is 0. The molecule has 1 aromatic heterocycles. The van der Waals surface area contributed by atoms with Gasteiger partial charge < -0.3 is 0 Å². The molecule has 0 saturated carbocycles. The monoisotopic (exact) mass is 508 g/mol. The van der Waals surface area contributed by atoms with Crippen molar-refractivity contribution in [3.8, 4) is 28.2 Å². The normalized spacial score (nSPS) is 13.7. The quantitative estimate of drug-likeness (QED) is 0.239. The standard InChI is InChI=1S/C33H20N2O2S/c36-38(37)30-10-4-3-9-29(30)35-32-28(8-5-11-31(32)38)34-33(35)27-17-16-25-19-24(14-15-26(25)20-27)23-13-12-21-6-1-2-7-22(21)18-23/h1-20H. The molecule has 0 radical (unpaired) electrons. The number of aromatic nitrogens is 2. The number of hydrogen-bond acceptors (Lipinski definition) is 3. The fraction of sp³-hybridized carbons (Fsp3) is 0. The van der Waals surface area contributed by atoms with E-state index in [2.05, 4.69) is 78.9 Å². The lowest BCUT2D eigenvalue weighted by Crippen LogP contribution is -2.14. The van der Waals surface area contributed by atoms with Crippen molar-refractivity contribution in [1.29, 1.82) is 0 Å². The van der Waals surface area contributed by atoms with Crippen molar-refractivity contribution in [2.75, 3.05) is 0 Å². The maximum atomic E-state index is 13.4. The first kappa shape index (κ1) is 21.4. The average molecular weight is 509 g/mol. The molecule has 180 valence electrons. The van der Waals surface area contributed by atoms with E-state index in [4.69, 9.17) is 4.98 Å². The molecule has 0 bridgehead atoms. The van der Waals surface area contributed by atoms with Crippen molar-refractivity contribution < 1.29 is 8.42 Å². The summed E-state index contributed by atoms with van der Waals surface area (Å²) in [6.45, 7) is 0. The van der Waals surface area contributed by atoms with Crippen LogP contribution in [0.15, 0.2) is 131 Å². The Labute approximate surface area is 219 Å². The molecule has 0 atom stereocenters. The van der Waals surface area contributed by atoms with Gasteiger partial charge in [-0.05, 0) is 75.1 Å². The lowest BCUT2D eigenvalue weighted by atomic mass is 9.98. The van der Waals surface area contributed by atoms with Crippen molar-refractivity contribution in [2.45, 2.75) is 9.79 Å². The molecule has 0 amide bonds. The third-order valence-electron chi connectivity index (χ3n) is 7.51. The summed E-state index contributed by atoms with van der Waals surface area (Å²) in [5.41, 5.74) is 5.23. The molecule has 4 nitrogen and oxygen atoms in total. The molecule has 0 unspecified atom stereocenters. The molecule has 0 spiro atoms. The molecular weight excluding hydrogens is 488 g/mol. The van der Waals surface area contributed by atoms with E-state index in [0.29, 0.717) is 26.5 Å². The van der Waals surface area contributed by atoms with Gasteiger partial charge in [-0.2, -0.15) is 0 Å². The highest BCUT2D eigenvalue weighted by Gasteiger charge is 2.33. The molecule has 0 N–H and O–H groups in total. The van der Waals surface area contributed by atoms with E-state index in [1.807, 2.05) is 22.8 Å². The number of sulfone groups is 1. The molecule has 7 aromatic rings. The number of nitrogens with zero attached hydrogens (tertiary/aromatic N) is 2. The highest BCUT2D eigenvalue weighted by molar-refractivity contribution is 7.92. The third-order valence-corrected chi connectivity index (χ3v) is 9.34. The summed E-state index contributed by atoms with van der Waals surface area (Å²) in [5.74, 6) is 0.732. The predicted molar refractivity (Wildman–Crippen MR) is 152 cm³/mol. The SMILES string of the molecule is O=S1(=O)c2ccccc2-n2c(-c3ccc4cc(-c5ccc6ccccc6c5)ccc4c3)nc3cccc1c32. The van der Waals surface area contributed by atoms with Crippen LogP contribution < -0.4 is 0 Å². The van der Waals surface area contributed by atoms with Gasteiger partial charge in [0.15, 0.2) is 0 Å². The summed E-state index contributed by atoms with van der Waals surface area (Å²) < 4.78 is 28.8. The van der Waals surface area contributed by atoms with Crippen molar-refractivity contribution >= 4 is 42.4 Å². The van der Waals surface area contributed by atoms with E-state index in [-0.39, 0.29) is 0 Å². The minimum atomic E-state index is -3.62. The highest BCUT2D eigenvalue weighted by Crippen LogP contribution is 2.41. The zero-order chi connectivity index (χ0) is 25.4. The fourth-order valence-corrected chi connectivity index (χ4v) is 7.30. The number of fused-ring (bicyclic) bond motifs is 4. The first-order chi connectivity index (χ1) is 18.6. The van der Waals surface area contributed by atoms with E-state index in [9.17, 15) is 8.42 Å². The van der Waals surface area contributed by atoms with Gasteiger partial charge in [0.25, 0.3) is 0 Å². The Balaban J connectivity index is 1.30. The van der Waals surface area contributed by atoms with Crippen LogP contribution in [0.3, 0.4) is 0 Å². The zero-order valence-electron chi connectivity index (χ0n) is 20.2. The molecule has 38 heavy (non-hydrogen) atoms. The van der Waals surface area contributed by atoms with Crippen LogP contribution in [0.1, 0.15) is 0 Å². The minimum absolute atomic E-state index is 0.299. The Bertz CT molecular complexity index is 2210. The van der Waals surface area contributed by atoms with E-state index in [1.165, 1.54) is 21.9 Å². The second-order valence-corrected chi connectivity index (χ2v) is 11.6. The van der Waals surface area contributed by atoms with Crippen LogP contribution in [0, 0.1) is 0 Å². The van der Waals surface area contributed by atoms with Crippen LogP contribution in [0.2, 0.25) is 0 Å². The maximum absolute atomic E-state index is 13.4. The maximum Gasteiger partial charge on any atom is 0.210 e. The smallest absolute Gasteiger partial charge is 0.210 e. The number of benzene rings is 6. The fourth-order valence-electron chi connectivity index (χ4n) is 5.66. The molecular formula is C33H20N2O2S. The van der Waals surface area contributed by atoms with Gasteiger partial charge >= 0.3 is 0 Å². The van der Waals surface area contributed by atoms with Crippen LogP contribution in [-0.4, -0.2) is 18.0 Å². The van der Waals surface area contributed by atoms with E-state index >= 15 is 0 Å². The van der Waals surface area contributed by atoms with Crippen LogP contribution in [-0.2, 0) is 9.84 Å². The Morgan fingerprint density at radius 3 is 1.89 bits per heavy atom. The Hall–Kier alpha value is -4.74. The lowest BCUT2D eigenvalue weighted by molar-refractivity contribution is 0.594. The van der Waals surface area contributed by atoms with E-state index in [1.54, 1.807) is 24.3 Å². The number of para-hydroxylation sites is 2. The molecule has 8 rings (SSSR count). The summed E-state index contributed by atoms with van der Waals surface area (Å²) in [6, 6.07) is 40.3. The molecule has 0 fully saturated rings. The van der Waals surface area contributed by atoms with Gasteiger partial charge in [-0.1, -0.05) is 78.9 Å². The van der Waals surface area contributed by atoms with Crippen molar-refractivity contribution in [1.82, 2.24) is 9.55 Å². The first-order valence-corrected chi connectivity index (χ1v) is 14.0. The summed E-state index contributed by atoms with van der Waals surface area (Å²) >= 11 is 0. The number of rotatable bonds is 2. The second-order valence-electron chi connectivity index (χ2n) is 9.70. The van der Waals surface area contributed by atoms with Crippen molar-refractivity contribution in [2.24, 2.45) is 0 Å². The highest BCUT2D eigenvalue weighted by atomic mass is 32.2. The van der Waals surface area contributed by atoms with E-state index < -0.39 is 9.84 Å². The zero-order valence-corrected chi connectivity index (χ0v) is 21.0. The summed E-state index contributed by atoms with van der Waals surface area (Å²) in [7, 11) is -3.62. The van der Waals surface area contributed by atoms with Crippen molar-refractivity contribution in [3.05, 3.63) is 121 Å². The van der Waals surface area contributed by atoms with Gasteiger partial charge in [-0.25, -0.2) is 13.4 Å². The third kappa shape index (κ3) is 2.96. The molecule has 5 heteroatoms. The van der Waals surface area contributed by atoms with Crippen LogP contribution >= 0.6 is 0 Å². The molecule has 2 heterocycles. The Morgan fingerprint density at radius 2 is 1.11 bits per heavy atom. The summed E-state index contributed by atoms with van der Waals surface area (Å²) in [5, 5.41) is 4.69. The minimum Gasteiger partial charge on any atom is -0.290 e. The molecule has 0 saturated heterocycles. The van der Waals surface area contributed by atoms with Crippen LogP contribution in [0.25, 0.3) is 60.8 Å². The summed E-state index contributed by atoms with van der Waals surface area (Å²) in [4.78, 5) is 5.52. The Morgan fingerprint density at radius 1 is 0.526 bits per heavy atom. The van der Waals surface area contributed by atoms with Gasteiger partial charge in [0.1, 0.15) is 5.82 Å². The van der Waals surface area contributed by atoms with Crippen LogP contribution in [0.4, 0.5) is 0 Å². The average Bonchev–Trinajstić information content (AvgIpc) is 3.35. The van der Waals surface area contributed by atoms with Crippen LogP contribution in [0.5, 0.6) is 0 Å². The Kier molecular flexibility index (Phi) is 4.29. The van der Waals surface area contributed by atoms with Gasteiger partial charge in [0, 0.05) is 5.56 Å². The second kappa shape index (κ2) is 7.63.